The molecule has 142 valence electrons. The van der Waals surface area contributed by atoms with Crippen LogP contribution >= 0.6 is 0 Å². The molecule has 0 unspecified atom stereocenters. The second-order valence-corrected chi connectivity index (χ2v) is 7.35. The van der Waals surface area contributed by atoms with Crippen LogP contribution in [0.3, 0.4) is 0 Å². The first-order valence-corrected chi connectivity index (χ1v) is 9.72. The Balaban J connectivity index is 1.56. The highest BCUT2D eigenvalue weighted by Crippen LogP contribution is 2.30. The molecule has 0 spiro atoms. The van der Waals surface area contributed by atoms with Gasteiger partial charge in [0.15, 0.2) is 0 Å². The van der Waals surface area contributed by atoms with Gasteiger partial charge in [0.05, 0.1) is 6.10 Å². The van der Waals surface area contributed by atoms with Gasteiger partial charge in [0, 0.05) is 25.2 Å². The van der Waals surface area contributed by atoms with Crippen LogP contribution in [0.4, 0.5) is 4.39 Å². The van der Waals surface area contributed by atoms with Gasteiger partial charge in [-0.3, -0.25) is 9.69 Å². The Morgan fingerprint density at radius 1 is 1.07 bits per heavy atom. The molecule has 0 radical (unpaired) electrons. The number of ether oxygens (including phenoxy) is 1. The van der Waals surface area contributed by atoms with Crippen molar-refractivity contribution in [3.05, 3.63) is 65.5 Å². The van der Waals surface area contributed by atoms with Gasteiger partial charge in [-0.25, -0.2) is 4.39 Å². The highest BCUT2D eigenvalue weighted by Gasteiger charge is 2.31. The Kier molecular flexibility index (Phi) is 5.39. The number of hydrogen-bond donors (Lipinski definition) is 1. The van der Waals surface area contributed by atoms with Gasteiger partial charge in [-0.2, -0.15) is 0 Å². The Hall–Kier alpha value is -2.40. The van der Waals surface area contributed by atoms with Crippen LogP contribution in [0.1, 0.15) is 42.9 Å². The summed E-state index contributed by atoms with van der Waals surface area (Å²) in [5, 5.41) is 2.93. The molecule has 5 heteroatoms. The van der Waals surface area contributed by atoms with E-state index in [4.69, 9.17) is 4.74 Å². The lowest BCUT2D eigenvalue weighted by Gasteiger charge is -2.35. The molecule has 4 rings (SSSR count). The van der Waals surface area contributed by atoms with Crippen LogP contribution in [0.5, 0.6) is 5.75 Å². The molecule has 2 aromatic carbocycles. The van der Waals surface area contributed by atoms with E-state index >= 15 is 0 Å². The molecule has 1 saturated heterocycles. The standard InChI is InChI=1S/C22H25FN2O2/c23-18-11-9-16(10-12-18)21-22(26)24-13-14-25(21)15-17-5-1-4-8-20(17)27-19-6-2-3-7-19/h1,4-5,8-12,19,21H,2-3,6-7,13-15H2,(H,24,26)/t21-/m1/s1. The lowest BCUT2D eigenvalue weighted by atomic mass is 10.0. The molecule has 1 atom stereocenters. The van der Waals surface area contributed by atoms with Crippen LogP contribution in [-0.4, -0.2) is 30.0 Å². The molecular weight excluding hydrogens is 343 g/mol. The van der Waals surface area contributed by atoms with E-state index in [0.717, 1.165) is 36.3 Å². The summed E-state index contributed by atoms with van der Waals surface area (Å²) in [4.78, 5) is 14.7. The van der Waals surface area contributed by atoms with Crippen LogP contribution in [0.25, 0.3) is 0 Å². The summed E-state index contributed by atoms with van der Waals surface area (Å²) in [7, 11) is 0. The van der Waals surface area contributed by atoms with Crippen molar-refractivity contribution in [3.63, 3.8) is 0 Å². The van der Waals surface area contributed by atoms with E-state index in [-0.39, 0.29) is 11.7 Å². The van der Waals surface area contributed by atoms with E-state index in [2.05, 4.69) is 16.3 Å². The summed E-state index contributed by atoms with van der Waals surface area (Å²) >= 11 is 0. The van der Waals surface area contributed by atoms with Crippen LogP contribution in [0.2, 0.25) is 0 Å². The monoisotopic (exact) mass is 368 g/mol. The lowest BCUT2D eigenvalue weighted by Crippen LogP contribution is -2.49. The minimum absolute atomic E-state index is 0.0398. The van der Waals surface area contributed by atoms with Gasteiger partial charge in [-0.15, -0.1) is 0 Å². The van der Waals surface area contributed by atoms with Gasteiger partial charge in [-0.1, -0.05) is 30.3 Å². The van der Waals surface area contributed by atoms with E-state index in [9.17, 15) is 9.18 Å². The second-order valence-electron chi connectivity index (χ2n) is 7.35. The van der Waals surface area contributed by atoms with Crippen molar-refractivity contribution in [1.29, 1.82) is 0 Å². The first-order valence-electron chi connectivity index (χ1n) is 9.72. The molecule has 2 aromatic rings. The SMILES string of the molecule is O=C1NCCN(Cc2ccccc2OC2CCCC2)[C@@H]1c1ccc(F)cc1. The molecule has 0 bridgehead atoms. The zero-order valence-corrected chi connectivity index (χ0v) is 15.4. The van der Waals surface area contributed by atoms with Gasteiger partial charge in [-0.05, 0) is 49.4 Å². The molecule has 1 aliphatic carbocycles. The first kappa shape index (κ1) is 18.0. The number of nitrogens with zero attached hydrogens (tertiary/aromatic N) is 1. The zero-order valence-electron chi connectivity index (χ0n) is 15.4. The first-order chi connectivity index (χ1) is 13.2. The molecule has 27 heavy (non-hydrogen) atoms. The predicted octanol–water partition coefficient (Wildman–Crippen LogP) is 3.82. The highest BCUT2D eigenvalue weighted by molar-refractivity contribution is 5.83. The normalized spacial score (nSPS) is 21.2. The molecule has 2 aliphatic rings. The number of carbonyl (C=O) groups excluding carboxylic acids is 1. The second kappa shape index (κ2) is 8.09. The number of para-hydroxylation sites is 1. The van der Waals surface area contributed by atoms with Crippen LogP contribution < -0.4 is 10.1 Å². The maximum atomic E-state index is 13.3. The number of amides is 1. The average molecular weight is 368 g/mol. The van der Waals surface area contributed by atoms with Gasteiger partial charge in [0.1, 0.15) is 17.6 Å². The zero-order chi connectivity index (χ0) is 18.6. The number of rotatable bonds is 5. The summed E-state index contributed by atoms with van der Waals surface area (Å²) in [5.41, 5.74) is 1.90. The van der Waals surface area contributed by atoms with Crippen LogP contribution in [0, 0.1) is 5.82 Å². The topological polar surface area (TPSA) is 41.6 Å². The third kappa shape index (κ3) is 4.14. The number of nitrogens with one attached hydrogen (secondary N) is 1. The molecule has 4 nitrogen and oxygen atoms in total. The highest BCUT2D eigenvalue weighted by atomic mass is 19.1. The van der Waals surface area contributed by atoms with Gasteiger partial charge < -0.3 is 10.1 Å². The molecule has 1 saturated carbocycles. The van der Waals surface area contributed by atoms with E-state index in [0.29, 0.717) is 19.2 Å². The van der Waals surface area contributed by atoms with Crippen molar-refractivity contribution in [2.75, 3.05) is 13.1 Å². The molecular formula is C22H25FN2O2. The molecule has 2 fully saturated rings. The van der Waals surface area contributed by atoms with Crippen LogP contribution in [0.15, 0.2) is 48.5 Å². The fourth-order valence-electron chi connectivity index (χ4n) is 4.05. The Morgan fingerprint density at radius 2 is 1.81 bits per heavy atom. The van der Waals surface area contributed by atoms with E-state index < -0.39 is 6.04 Å². The Bertz CT molecular complexity index is 787. The number of hydrogen-bond acceptors (Lipinski definition) is 3. The smallest absolute Gasteiger partial charge is 0.242 e. The number of piperazine rings is 1. The largest absolute Gasteiger partial charge is 0.490 e. The van der Waals surface area contributed by atoms with Crippen LogP contribution in [-0.2, 0) is 11.3 Å². The fraction of sp³-hybridized carbons (Fsp3) is 0.409. The van der Waals surface area contributed by atoms with E-state index in [1.807, 2.05) is 18.2 Å². The average Bonchev–Trinajstić information content (AvgIpc) is 3.18. The Labute approximate surface area is 159 Å². The molecule has 1 amide bonds. The molecule has 1 heterocycles. The third-order valence-corrected chi connectivity index (χ3v) is 5.44. The van der Waals surface area contributed by atoms with Crippen molar-refractivity contribution in [2.45, 2.75) is 44.4 Å². The van der Waals surface area contributed by atoms with E-state index in [1.165, 1.54) is 25.0 Å². The van der Waals surface area contributed by atoms with Gasteiger partial charge in [0.25, 0.3) is 0 Å². The van der Waals surface area contributed by atoms with Crippen molar-refractivity contribution < 1.29 is 13.9 Å². The Morgan fingerprint density at radius 3 is 2.59 bits per heavy atom. The molecule has 1 aliphatic heterocycles. The summed E-state index contributed by atoms with van der Waals surface area (Å²) < 4.78 is 19.6. The summed E-state index contributed by atoms with van der Waals surface area (Å²) in [6, 6.07) is 13.9. The van der Waals surface area contributed by atoms with Gasteiger partial charge >= 0.3 is 0 Å². The minimum atomic E-state index is -0.418. The van der Waals surface area contributed by atoms with Crippen molar-refractivity contribution in [3.8, 4) is 5.75 Å². The maximum absolute atomic E-state index is 13.3. The molecule has 1 N–H and O–H groups in total. The number of benzene rings is 2. The summed E-state index contributed by atoms with van der Waals surface area (Å²) in [6.07, 6.45) is 4.97. The number of halogens is 1. The minimum Gasteiger partial charge on any atom is -0.490 e. The number of carbonyl (C=O) groups is 1. The van der Waals surface area contributed by atoms with Crippen molar-refractivity contribution in [1.82, 2.24) is 10.2 Å². The predicted molar refractivity (Wildman–Crippen MR) is 102 cm³/mol. The summed E-state index contributed by atoms with van der Waals surface area (Å²) in [5.74, 6) is 0.576. The quantitative estimate of drug-likeness (QED) is 0.872. The fourth-order valence-corrected chi connectivity index (χ4v) is 4.05. The molecule has 0 aromatic heterocycles. The van der Waals surface area contributed by atoms with Crippen molar-refractivity contribution in [2.24, 2.45) is 0 Å². The summed E-state index contributed by atoms with van der Waals surface area (Å²) in [6.45, 7) is 1.98. The van der Waals surface area contributed by atoms with E-state index in [1.54, 1.807) is 12.1 Å². The van der Waals surface area contributed by atoms with Gasteiger partial charge in [0.2, 0.25) is 5.91 Å². The lowest BCUT2D eigenvalue weighted by molar-refractivity contribution is -0.129. The van der Waals surface area contributed by atoms with Crippen molar-refractivity contribution >= 4 is 5.91 Å². The maximum Gasteiger partial charge on any atom is 0.242 e. The third-order valence-electron chi connectivity index (χ3n) is 5.44.